The lowest BCUT2D eigenvalue weighted by Gasteiger charge is -2.20. The molecule has 3 heteroatoms. The highest BCUT2D eigenvalue weighted by molar-refractivity contribution is 9.09. The van der Waals surface area contributed by atoms with E-state index in [2.05, 4.69) is 35.1 Å². The van der Waals surface area contributed by atoms with Crippen molar-refractivity contribution >= 4 is 21.8 Å². The maximum absolute atomic E-state index is 12.2. The van der Waals surface area contributed by atoms with Gasteiger partial charge in [0.15, 0.2) is 0 Å². The molecule has 0 aliphatic heterocycles. The maximum atomic E-state index is 12.2. The van der Waals surface area contributed by atoms with Crippen LogP contribution in [0.25, 0.3) is 0 Å². The Morgan fingerprint density at radius 2 is 1.83 bits per heavy atom. The molecule has 1 aliphatic carbocycles. The number of hydrogen-bond acceptors (Lipinski definition) is 1. The quantitative estimate of drug-likeness (QED) is 0.670. The summed E-state index contributed by atoms with van der Waals surface area (Å²) in [5, 5.41) is 4.28. The van der Waals surface area contributed by atoms with Gasteiger partial charge < -0.3 is 5.32 Å². The summed E-state index contributed by atoms with van der Waals surface area (Å²) in [7, 11) is 0. The van der Waals surface area contributed by atoms with E-state index >= 15 is 0 Å². The third-order valence-electron chi connectivity index (χ3n) is 4.20. The number of rotatable bonds is 8. The Morgan fingerprint density at radius 1 is 1.22 bits per heavy atom. The number of nitrogens with one attached hydrogen (secondary N) is 1. The molecule has 2 atom stereocenters. The van der Waals surface area contributed by atoms with Crippen molar-refractivity contribution in [3.63, 3.8) is 0 Å². The lowest BCUT2D eigenvalue weighted by Crippen LogP contribution is -2.35. The van der Waals surface area contributed by atoms with Crippen molar-refractivity contribution in [1.29, 1.82) is 0 Å². The van der Waals surface area contributed by atoms with Crippen LogP contribution in [0.15, 0.2) is 0 Å². The van der Waals surface area contributed by atoms with Gasteiger partial charge in [0.05, 0.1) is 0 Å². The Bertz CT molecular complexity index is 239. The first kappa shape index (κ1) is 16.0. The molecule has 2 unspecified atom stereocenters. The third-order valence-corrected chi connectivity index (χ3v) is 5.03. The van der Waals surface area contributed by atoms with E-state index < -0.39 is 0 Å². The normalized spacial score (nSPS) is 23.6. The SMILES string of the molecule is CCCC(CCC)C(=O)NCC1CCCC1CBr. The summed E-state index contributed by atoms with van der Waals surface area (Å²) in [4.78, 5) is 12.2. The summed E-state index contributed by atoms with van der Waals surface area (Å²) < 4.78 is 0. The van der Waals surface area contributed by atoms with E-state index in [4.69, 9.17) is 0 Å². The molecule has 1 N–H and O–H groups in total. The van der Waals surface area contributed by atoms with Gasteiger partial charge in [-0.2, -0.15) is 0 Å². The molecule has 1 amide bonds. The van der Waals surface area contributed by atoms with Crippen LogP contribution in [0.2, 0.25) is 0 Å². The average Bonchev–Trinajstić information content (AvgIpc) is 2.83. The predicted octanol–water partition coefficient (Wildman–Crippen LogP) is 4.13. The number of carbonyl (C=O) groups is 1. The van der Waals surface area contributed by atoms with Gasteiger partial charge in [0, 0.05) is 17.8 Å². The summed E-state index contributed by atoms with van der Waals surface area (Å²) in [6.45, 7) is 5.21. The van der Waals surface area contributed by atoms with Gasteiger partial charge in [0.25, 0.3) is 0 Å². The predicted molar refractivity (Wildman–Crippen MR) is 80.9 cm³/mol. The Balaban J connectivity index is 2.34. The van der Waals surface area contributed by atoms with Gasteiger partial charge in [-0.05, 0) is 37.5 Å². The summed E-state index contributed by atoms with van der Waals surface area (Å²) in [5.74, 6) is 1.99. The molecule has 0 aromatic rings. The van der Waals surface area contributed by atoms with Gasteiger partial charge in [-0.1, -0.05) is 49.0 Å². The zero-order valence-electron chi connectivity index (χ0n) is 11.9. The van der Waals surface area contributed by atoms with E-state index in [0.717, 1.165) is 43.5 Å². The Kier molecular flexibility index (Phi) is 7.96. The van der Waals surface area contributed by atoms with Crippen LogP contribution in [-0.2, 0) is 4.79 Å². The number of hydrogen-bond donors (Lipinski definition) is 1. The van der Waals surface area contributed by atoms with Crippen molar-refractivity contribution in [3.05, 3.63) is 0 Å². The van der Waals surface area contributed by atoms with E-state index in [-0.39, 0.29) is 5.92 Å². The second-order valence-corrected chi connectivity index (χ2v) is 6.27. The smallest absolute Gasteiger partial charge is 0.223 e. The van der Waals surface area contributed by atoms with Crippen LogP contribution < -0.4 is 5.32 Å². The van der Waals surface area contributed by atoms with Crippen molar-refractivity contribution < 1.29 is 4.79 Å². The molecule has 0 spiro atoms. The molecular formula is C15H28BrNO. The second kappa shape index (κ2) is 8.95. The summed E-state index contributed by atoms with van der Waals surface area (Å²) in [5.41, 5.74) is 0. The van der Waals surface area contributed by atoms with Crippen LogP contribution in [-0.4, -0.2) is 17.8 Å². The molecule has 1 saturated carbocycles. The molecule has 1 rings (SSSR count). The molecular weight excluding hydrogens is 290 g/mol. The van der Waals surface area contributed by atoms with Gasteiger partial charge >= 0.3 is 0 Å². The van der Waals surface area contributed by atoms with Crippen LogP contribution in [0, 0.1) is 17.8 Å². The van der Waals surface area contributed by atoms with E-state index in [1.807, 2.05) is 0 Å². The topological polar surface area (TPSA) is 29.1 Å². The van der Waals surface area contributed by atoms with Crippen LogP contribution in [0.5, 0.6) is 0 Å². The van der Waals surface area contributed by atoms with Crippen LogP contribution in [0.3, 0.4) is 0 Å². The minimum Gasteiger partial charge on any atom is -0.356 e. The Labute approximate surface area is 120 Å². The fourth-order valence-electron chi connectivity index (χ4n) is 3.06. The van der Waals surface area contributed by atoms with Gasteiger partial charge in [0.2, 0.25) is 5.91 Å². The minimum absolute atomic E-state index is 0.240. The molecule has 1 aliphatic rings. The average molecular weight is 318 g/mol. The second-order valence-electron chi connectivity index (χ2n) is 5.62. The first-order valence-electron chi connectivity index (χ1n) is 7.56. The van der Waals surface area contributed by atoms with Gasteiger partial charge in [0.1, 0.15) is 0 Å². The lowest BCUT2D eigenvalue weighted by molar-refractivity contribution is -0.125. The molecule has 0 saturated heterocycles. The molecule has 2 nitrogen and oxygen atoms in total. The van der Waals surface area contributed by atoms with Crippen LogP contribution in [0.1, 0.15) is 58.8 Å². The molecule has 0 heterocycles. The first-order valence-corrected chi connectivity index (χ1v) is 8.68. The first-order chi connectivity index (χ1) is 8.72. The fraction of sp³-hybridized carbons (Fsp3) is 0.933. The van der Waals surface area contributed by atoms with Crippen molar-refractivity contribution in [2.45, 2.75) is 58.8 Å². The van der Waals surface area contributed by atoms with Gasteiger partial charge in [-0.15, -0.1) is 0 Å². The highest BCUT2D eigenvalue weighted by Gasteiger charge is 2.27. The number of halogens is 1. The largest absolute Gasteiger partial charge is 0.356 e. The van der Waals surface area contributed by atoms with Crippen molar-refractivity contribution in [2.24, 2.45) is 17.8 Å². The van der Waals surface area contributed by atoms with Crippen LogP contribution in [0.4, 0.5) is 0 Å². The Hall–Kier alpha value is -0.0500. The van der Waals surface area contributed by atoms with E-state index in [1.165, 1.54) is 19.3 Å². The molecule has 0 bridgehead atoms. The number of carbonyl (C=O) groups excluding carboxylic acids is 1. The van der Waals surface area contributed by atoms with E-state index in [0.29, 0.717) is 11.8 Å². The number of amides is 1. The highest BCUT2D eigenvalue weighted by atomic mass is 79.9. The molecule has 18 heavy (non-hydrogen) atoms. The third kappa shape index (κ3) is 4.91. The maximum Gasteiger partial charge on any atom is 0.223 e. The van der Waals surface area contributed by atoms with Gasteiger partial charge in [-0.3, -0.25) is 4.79 Å². The monoisotopic (exact) mass is 317 g/mol. The molecule has 0 aromatic heterocycles. The van der Waals surface area contributed by atoms with Crippen molar-refractivity contribution in [3.8, 4) is 0 Å². The van der Waals surface area contributed by atoms with Crippen LogP contribution >= 0.6 is 15.9 Å². The van der Waals surface area contributed by atoms with E-state index in [1.54, 1.807) is 0 Å². The van der Waals surface area contributed by atoms with E-state index in [9.17, 15) is 4.79 Å². The number of alkyl halides is 1. The molecule has 106 valence electrons. The molecule has 0 aromatic carbocycles. The highest BCUT2D eigenvalue weighted by Crippen LogP contribution is 2.32. The summed E-state index contributed by atoms with van der Waals surface area (Å²) in [6, 6.07) is 0. The molecule has 1 fully saturated rings. The zero-order valence-corrected chi connectivity index (χ0v) is 13.5. The zero-order chi connectivity index (χ0) is 13.4. The van der Waals surface area contributed by atoms with Crippen molar-refractivity contribution in [2.75, 3.05) is 11.9 Å². The summed E-state index contributed by atoms with van der Waals surface area (Å²) in [6.07, 6.45) is 8.20. The van der Waals surface area contributed by atoms with Crippen molar-refractivity contribution in [1.82, 2.24) is 5.32 Å². The Morgan fingerprint density at radius 3 is 2.39 bits per heavy atom. The minimum atomic E-state index is 0.240. The summed E-state index contributed by atoms with van der Waals surface area (Å²) >= 11 is 3.59. The van der Waals surface area contributed by atoms with Gasteiger partial charge in [-0.25, -0.2) is 0 Å². The standard InChI is InChI=1S/C15H28BrNO/c1-3-6-12(7-4-2)15(18)17-11-14-9-5-8-13(14)10-16/h12-14H,3-11H2,1-2H3,(H,17,18). The molecule has 0 radical (unpaired) electrons. The lowest BCUT2D eigenvalue weighted by atomic mass is 9.95. The fourth-order valence-corrected chi connectivity index (χ4v) is 3.92.